The van der Waals surface area contributed by atoms with Crippen LogP contribution in [0.3, 0.4) is 0 Å². The first-order chi connectivity index (χ1) is 19.4. The summed E-state index contributed by atoms with van der Waals surface area (Å²) < 4.78 is 26.0. The van der Waals surface area contributed by atoms with Crippen molar-refractivity contribution in [1.82, 2.24) is 14.8 Å². The number of benzene rings is 3. The topological polar surface area (TPSA) is 107 Å². The molecule has 1 aliphatic rings. The number of esters is 1. The largest absolute Gasteiger partial charge is 0.495 e. The quantitative estimate of drug-likeness (QED) is 0.217. The number of anilines is 2. The maximum absolute atomic E-state index is 14.2. The number of thioether (sulfide) groups is 1. The second kappa shape index (κ2) is 11.6. The summed E-state index contributed by atoms with van der Waals surface area (Å²) in [7, 11) is 2.85. The molecule has 0 spiro atoms. The summed E-state index contributed by atoms with van der Waals surface area (Å²) in [5.74, 6) is 0.162. The van der Waals surface area contributed by atoms with Gasteiger partial charge in [0.25, 0.3) is 5.91 Å². The van der Waals surface area contributed by atoms with E-state index in [9.17, 15) is 14.0 Å². The molecule has 9 nitrogen and oxygen atoms in total. The molecular formula is C29H26FN5O4S. The molecule has 0 saturated carbocycles. The molecule has 2 heterocycles. The fourth-order valence-corrected chi connectivity index (χ4v) is 5.22. The number of hydrogen-bond donors (Lipinski definition) is 2. The van der Waals surface area contributed by atoms with Gasteiger partial charge in [-0.1, -0.05) is 54.2 Å². The maximum atomic E-state index is 14.2. The van der Waals surface area contributed by atoms with Gasteiger partial charge in [-0.05, 0) is 48.4 Å². The van der Waals surface area contributed by atoms with Crippen molar-refractivity contribution < 1.29 is 23.5 Å². The average molecular weight is 560 g/mol. The second-order valence-corrected chi connectivity index (χ2v) is 9.82. The molecule has 40 heavy (non-hydrogen) atoms. The van der Waals surface area contributed by atoms with Crippen LogP contribution >= 0.6 is 11.8 Å². The maximum Gasteiger partial charge on any atom is 0.337 e. The van der Waals surface area contributed by atoms with Crippen molar-refractivity contribution in [2.24, 2.45) is 0 Å². The first kappa shape index (κ1) is 26.9. The smallest absolute Gasteiger partial charge is 0.337 e. The van der Waals surface area contributed by atoms with Gasteiger partial charge in [0.1, 0.15) is 17.6 Å². The number of methoxy groups -OCH3 is 2. The Kier molecular flexibility index (Phi) is 7.83. The zero-order chi connectivity index (χ0) is 28.2. The number of hydrogen-bond acceptors (Lipinski definition) is 8. The average Bonchev–Trinajstić information content (AvgIpc) is 3.38. The molecule has 1 amide bonds. The molecule has 3 aromatic carbocycles. The van der Waals surface area contributed by atoms with Crippen molar-refractivity contribution in [2.75, 3.05) is 24.9 Å². The van der Waals surface area contributed by atoms with Crippen molar-refractivity contribution in [3.8, 4) is 5.75 Å². The molecule has 1 atom stereocenters. The number of amides is 1. The Morgan fingerprint density at radius 1 is 1.05 bits per heavy atom. The Balaban J connectivity index is 1.52. The number of nitrogens with zero attached hydrogens (tertiary/aromatic N) is 3. The lowest BCUT2D eigenvalue weighted by atomic mass is 9.94. The molecule has 1 aliphatic heterocycles. The van der Waals surface area contributed by atoms with Gasteiger partial charge in [0.2, 0.25) is 11.1 Å². The number of ether oxygens (including phenoxy) is 2. The highest BCUT2D eigenvalue weighted by Gasteiger charge is 2.35. The SMILES string of the molecule is COC(=O)c1ccc(C2C(C(=O)Nc3ccccc3OC)=C(C)Nc3nc(SCc4ccccc4F)nn32)cc1. The first-order valence-electron chi connectivity index (χ1n) is 12.3. The van der Waals surface area contributed by atoms with Crippen molar-refractivity contribution in [3.05, 3.63) is 107 Å². The predicted octanol–water partition coefficient (Wildman–Crippen LogP) is 5.43. The number of carbonyl (C=O) groups is 2. The van der Waals surface area contributed by atoms with Crippen molar-refractivity contribution in [1.29, 1.82) is 0 Å². The number of aromatic nitrogens is 3. The third kappa shape index (κ3) is 5.41. The van der Waals surface area contributed by atoms with Crippen LogP contribution in [0, 0.1) is 5.82 Å². The highest BCUT2D eigenvalue weighted by Crippen LogP contribution is 2.38. The number of para-hydroxylation sites is 2. The highest BCUT2D eigenvalue weighted by molar-refractivity contribution is 7.98. The second-order valence-electron chi connectivity index (χ2n) is 8.88. The summed E-state index contributed by atoms with van der Waals surface area (Å²) in [6, 6.07) is 19.8. The van der Waals surface area contributed by atoms with Crippen LogP contribution in [0.15, 0.2) is 89.2 Å². The van der Waals surface area contributed by atoms with Crippen LogP contribution in [0.2, 0.25) is 0 Å². The van der Waals surface area contributed by atoms with Gasteiger partial charge < -0.3 is 20.1 Å². The predicted molar refractivity (Wildman–Crippen MR) is 150 cm³/mol. The van der Waals surface area contributed by atoms with Gasteiger partial charge in [-0.15, -0.1) is 5.10 Å². The highest BCUT2D eigenvalue weighted by atomic mass is 32.2. The number of fused-ring (bicyclic) bond motifs is 1. The molecule has 0 saturated heterocycles. The fourth-order valence-electron chi connectivity index (χ4n) is 4.41. The molecule has 11 heteroatoms. The molecule has 0 fully saturated rings. The van der Waals surface area contributed by atoms with E-state index in [0.29, 0.717) is 56.3 Å². The van der Waals surface area contributed by atoms with Gasteiger partial charge in [-0.2, -0.15) is 4.98 Å². The van der Waals surface area contributed by atoms with Gasteiger partial charge in [0.15, 0.2) is 0 Å². The van der Waals surface area contributed by atoms with E-state index in [0.717, 1.165) is 0 Å². The number of carbonyl (C=O) groups excluding carboxylic acids is 2. The van der Waals surface area contributed by atoms with Crippen LogP contribution in [0.25, 0.3) is 0 Å². The van der Waals surface area contributed by atoms with Crippen molar-refractivity contribution >= 4 is 35.3 Å². The van der Waals surface area contributed by atoms with E-state index in [1.807, 2.05) is 6.07 Å². The zero-order valence-corrected chi connectivity index (χ0v) is 22.8. The Labute approximate surface area is 234 Å². The molecular weight excluding hydrogens is 533 g/mol. The van der Waals surface area contributed by atoms with E-state index in [2.05, 4.69) is 20.7 Å². The van der Waals surface area contributed by atoms with E-state index in [1.165, 1.54) is 32.0 Å². The van der Waals surface area contributed by atoms with E-state index >= 15 is 0 Å². The van der Waals surface area contributed by atoms with E-state index in [4.69, 9.17) is 9.47 Å². The summed E-state index contributed by atoms with van der Waals surface area (Å²) in [6.07, 6.45) is 0. The minimum atomic E-state index is -0.673. The van der Waals surface area contributed by atoms with Gasteiger partial charge in [0, 0.05) is 11.4 Å². The van der Waals surface area contributed by atoms with Gasteiger partial charge >= 0.3 is 5.97 Å². The third-order valence-electron chi connectivity index (χ3n) is 6.40. The Bertz CT molecular complexity index is 1600. The van der Waals surface area contributed by atoms with Gasteiger partial charge in [-0.25, -0.2) is 13.9 Å². The summed E-state index contributed by atoms with van der Waals surface area (Å²) in [5.41, 5.74) is 3.12. The molecule has 1 aromatic heterocycles. The third-order valence-corrected chi connectivity index (χ3v) is 7.28. The zero-order valence-electron chi connectivity index (χ0n) is 22.0. The van der Waals surface area contributed by atoms with E-state index < -0.39 is 12.0 Å². The first-order valence-corrected chi connectivity index (χ1v) is 13.3. The van der Waals surface area contributed by atoms with Crippen molar-refractivity contribution in [3.63, 3.8) is 0 Å². The van der Waals surface area contributed by atoms with Crippen LogP contribution in [-0.4, -0.2) is 40.9 Å². The van der Waals surface area contributed by atoms with Crippen LogP contribution in [0.1, 0.15) is 34.5 Å². The lowest BCUT2D eigenvalue weighted by Gasteiger charge is -2.29. The molecule has 1 unspecified atom stereocenters. The lowest BCUT2D eigenvalue weighted by Crippen LogP contribution is -2.31. The molecule has 5 rings (SSSR count). The molecule has 0 bridgehead atoms. The Morgan fingerprint density at radius 2 is 1.77 bits per heavy atom. The molecule has 4 aromatic rings. The van der Waals surface area contributed by atoms with Crippen LogP contribution in [-0.2, 0) is 15.3 Å². The van der Waals surface area contributed by atoms with Crippen LogP contribution in [0.4, 0.5) is 16.0 Å². The number of allylic oxidation sites excluding steroid dienone is 1. The number of rotatable bonds is 8. The molecule has 0 aliphatic carbocycles. The lowest BCUT2D eigenvalue weighted by molar-refractivity contribution is -0.113. The summed E-state index contributed by atoms with van der Waals surface area (Å²) in [4.78, 5) is 30.4. The number of nitrogens with one attached hydrogen (secondary N) is 2. The normalized spacial score (nSPS) is 14.2. The Morgan fingerprint density at radius 3 is 2.50 bits per heavy atom. The van der Waals surface area contributed by atoms with E-state index in [-0.39, 0.29) is 11.7 Å². The fraction of sp³-hybridized carbons (Fsp3) is 0.172. The summed E-state index contributed by atoms with van der Waals surface area (Å²) in [5, 5.41) is 11.2. The van der Waals surface area contributed by atoms with Crippen molar-refractivity contribution in [2.45, 2.75) is 23.9 Å². The number of halogens is 1. The Hall–Kier alpha value is -4.64. The van der Waals surface area contributed by atoms with E-state index in [1.54, 1.807) is 72.3 Å². The minimum Gasteiger partial charge on any atom is -0.495 e. The molecule has 0 radical (unpaired) electrons. The minimum absolute atomic E-state index is 0.298. The van der Waals surface area contributed by atoms with Crippen LogP contribution in [0.5, 0.6) is 5.75 Å². The standard InChI is InChI=1S/C29H26FN5O4S/c1-17-24(26(36)32-22-10-6-7-11-23(22)38-2)25(18-12-14-19(15-13-18)27(37)39-3)35-28(31-17)33-29(34-35)40-16-20-8-4-5-9-21(20)30/h4-15,25H,16H2,1-3H3,(H,32,36)(H,31,33,34). The molecule has 2 N–H and O–H groups in total. The van der Waals surface area contributed by atoms with Gasteiger partial charge in [0.05, 0.1) is 31.0 Å². The monoisotopic (exact) mass is 559 g/mol. The molecule has 204 valence electrons. The summed E-state index contributed by atoms with van der Waals surface area (Å²) in [6.45, 7) is 1.79. The van der Waals surface area contributed by atoms with Crippen LogP contribution < -0.4 is 15.4 Å². The van der Waals surface area contributed by atoms with Gasteiger partial charge in [-0.3, -0.25) is 4.79 Å². The summed E-state index contributed by atoms with van der Waals surface area (Å²) >= 11 is 1.29.